The third-order valence-electron chi connectivity index (χ3n) is 3.28. The Hall–Kier alpha value is -2.33. The summed E-state index contributed by atoms with van der Waals surface area (Å²) in [5.74, 6) is -0.133. The number of carbonyl (C=O) groups is 1. The number of unbranched alkanes of at least 4 members (excludes halogenated alkanes) is 1. The van der Waals surface area contributed by atoms with Gasteiger partial charge in [0, 0.05) is 12.1 Å². The van der Waals surface area contributed by atoms with E-state index in [1.807, 2.05) is 6.92 Å². The lowest BCUT2D eigenvalue weighted by atomic mass is 10.2. The third-order valence-corrected chi connectivity index (χ3v) is 4.76. The van der Waals surface area contributed by atoms with Crippen LogP contribution in [-0.2, 0) is 26.1 Å². The molecular weight excluding hydrogens is 334 g/mol. The highest BCUT2D eigenvalue weighted by Crippen LogP contribution is 2.18. The average Bonchev–Trinajstić information content (AvgIpc) is 3.03. The van der Waals surface area contributed by atoms with E-state index in [4.69, 9.17) is 0 Å². The van der Waals surface area contributed by atoms with Crippen LogP contribution in [0.25, 0.3) is 11.4 Å². The largest absolute Gasteiger partial charge is 0.468 e. The summed E-state index contributed by atoms with van der Waals surface area (Å²) in [4.78, 5) is 11.5. The number of hydrogen-bond acceptors (Lipinski definition) is 7. The van der Waals surface area contributed by atoms with Crippen LogP contribution >= 0.6 is 0 Å². The van der Waals surface area contributed by atoms with Gasteiger partial charge < -0.3 is 4.74 Å². The average molecular weight is 353 g/mol. The Balaban J connectivity index is 2.18. The number of sulfonamides is 1. The van der Waals surface area contributed by atoms with E-state index in [1.54, 1.807) is 12.1 Å². The molecule has 0 amide bonds. The van der Waals surface area contributed by atoms with Crippen molar-refractivity contribution < 1.29 is 17.9 Å². The summed E-state index contributed by atoms with van der Waals surface area (Å²) in [6.45, 7) is 2.26. The van der Waals surface area contributed by atoms with Crippen molar-refractivity contribution >= 4 is 16.0 Å². The van der Waals surface area contributed by atoms with Crippen molar-refractivity contribution in [2.75, 3.05) is 13.7 Å². The van der Waals surface area contributed by atoms with Crippen LogP contribution in [0.2, 0.25) is 0 Å². The van der Waals surface area contributed by atoms with Crippen molar-refractivity contribution in [3.63, 3.8) is 0 Å². The molecule has 0 spiro atoms. The quantitative estimate of drug-likeness (QED) is 0.545. The first-order valence-electron chi connectivity index (χ1n) is 7.41. The maximum Gasteiger partial charge on any atom is 0.327 e. The minimum Gasteiger partial charge on any atom is -0.468 e. The predicted octanol–water partition coefficient (Wildman–Crippen LogP) is 0.591. The standard InChI is InChI=1S/C14H19N5O4S/c1-3-4-9-15-24(21,22)12-7-5-11(6-8-12)14-16-17-18-19(14)10-13(20)23-2/h5-8,15H,3-4,9-10H2,1-2H3. The molecule has 0 fully saturated rings. The first-order chi connectivity index (χ1) is 11.5. The van der Waals surface area contributed by atoms with Crippen molar-refractivity contribution in [1.29, 1.82) is 0 Å². The van der Waals surface area contributed by atoms with Gasteiger partial charge in [-0.15, -0.1) is 5.10 Å². The van der Waals surface area contributed by atoms with Crippen molar-refractivity contribution in [3.05, 3.63) is 24.3 Å². The third kappa shape index (κ3) is 4.36. The van der Waals surface area contributed by atoms with E-state index in [2.05, 4.69) is 25.0 Å². The van der Waals surface area contributed by atoms with Gasteiger partial charge in [-0.3, -0.25) is 4.79 Å². The Bertz CT molecular complexity index is 786. The van der Waals surface area contributed by atoms with Crippen LogP contribution in [0.15, 0.2) is 29.2 Å². The Morgan fingerprint density at radius 2 is 2.00 bits per heavy atom. The van der Waals surface area contributed by atoms with Crippen LogP contribution in [-0.4, -0.2) is 48.2 Å². The predicted molar refractivity (Wildman–Crippen MR) is 85.4 cm³/mol. The van der Waals surface area contributed by atoms with Gasteiger partial charge in [-0.1, -0.05) is 13.3 Å². The maximum absolute atomic E-state index is 12.1. The zero-order valence-corrected chi connectivity index (χ0v) is 14.3. The summed E-state index contributed by atoms with van der Waals surface area (Å²) in [5.41, 5.74) is 0.594. The molecule has 0 bridgehead atoms. The van der Waals surface area contributed by atoms with Gasteiger partial charge in [-0.05, 0) is 41.1 Å². The van der Waals surface area contributed by atoms with Gasteiger partial charge in [0.2, 0.25) is 10.0 Å². The topological polar surface area (TPSA) is 116 Å². The molecule has 1 aromatic heterocycles. The number of nitrogens with one attached hydrogen (secondary N) is 1. The molecule has 2 rings (SSSR count). The molecule has 0 radical (unpaired) electrons. The molecule has 1 heterocycles. The van der Waals surface area contributed by atoms with E-state index in [9.17, 15) is 13.2 Å². The first kappa shape index (κ1) is 18.0. The number of esters is 1. The number of methoxy groups -OCH3 is 1. The molecular formula is C14H19N5O4S. The van der Waals surface area contributed by atoms with Gasteiger partial charge >= 0.3 is 5.97 Å². The minimum atomic E-state index is -3.53. The molecule has 0 unspecified atom stereocenters. The van der Waals surface area contributed by atoms with Crippen LogP contribution in [0.5, 0.6) is 0 Å². The molecule has 0 aliphatic carbocycles. The summed E-state index contributed by atoms with van der Waals surface area (Å²) in [6, 6.07) is 6.13. The molecule has 1 N–H and O–H groups in total. The van der Waals surface area contributed by atoms with Crippen LogP contribution in [0.3, 0.4) is 0 Å². The van der Waals surface area contributed by atoms with Crippen LogP contribution in [0.4, 0.5) is 0 Å². The van der Waals surface area contributed by atoms with Crippen molar-refractivity contribution in [1.82, 2.24) is 24.9 Å². The van der Waals surface area contributed by atoms with Crippen molar-refractivity contribution in [3.8, 4) is 11.4 Å². The molecule has 9 nitrogen and oxygen atoms in total. The molecule has 10 heteroatoms. The lowest BCUT2D eigenvalue weighted by Gasteiger charge is -2.07. The molecule has 0 saturated carbocycles. The second-order valence-electron chi connectivity index (χ2n) is 5.01. The number of hydrogen-bond donors (Lipinski definition) is 1. The van der Waals surface area contributed by atoms with Gasteiger partial charge in [0.15, 0.2) is 5.82 Å². The number of carbonyl (C=O) groups excluding carboxylic acids is 1. The summed E-state index contributed by atoms with van der Waals surface area (Å²) in [7, 11) is -2.26. The Morgan fingerprint density at radius 3 is 2.62 bits per heavy atom. The Morgan fingerprint density at radius 1 is 1.29 bits per heavy atom. The van der Waals surface area contributed by atoms with Gasteiger partial charge in [0.25, 0.3) is 0 Å². The lowest BCUT2D eigenvalue weighted by molar-refractivity contribution is -0.141. The second kappa shape index (κ2) is 7.97. The summed E-state index contributed by atoms with van der Waals surface area (Å²) in [6.07, 6.45) is 1.68. The first-order valence-corrected chi connectivity index (χ1v) is 8.89. The highest BCUT2D eigenvalue weighted by atomic mass is 32.2. The second-order valence-corrected chi connectivity index (χ2v) is 6.78. The SMILES string of the molecule is CCCCNS(=O)(=O)c1ccc(-c2nnnn2CC(=O)OC)cc1. The zero-order valence-electron chi connectivity index (χ0n) is 13.5. The van der Waals surface area contributed by atoms with Gasteiger partial charge in [-0.2, -0.15) is 0 Å². The van der Waals surface area contributed by atoms with E-state index in [-0.39, 0.29) is 11.4 Å². The normalized spacial score (nSPS) is 11.4. The molecule has 0 atom stereocenters. The van der Waals surface area contributed by atoms with Crippen molar-refractivity contribution in [2.24, 2.45) is 0 Å². The number of ether oxygens (including phenoxy) is 1. The lowest BCUT2D eigenvalue weighted by Crippen LogP contribution is -2.24. The molecule has 0 aliphatic heterocycles. The van der Waals surface area contributed by atoms with E-state index in [1.165, 1.54) is 23.9 Å². The van der Waals surface area contributed by atoms with E-state index in [0.717, 1.165) is 12.8 Å². The van der Waals surface area contributed by atoms with Gasteiger partial charge in [0.05, 0.1) is 12.0 Å². The monoisotopic (exact) mass is 353 g/mol. The fraction of sp³-hybridized carbons (Fsp3) is 0.429. The summed E-state index contributed by atoms with van der Waals surface area (Å²) >= 11 is 0. The molecule has 2 aromatic rings. The number of tetrazole rings is 1. The molecule has 0 aliphatic rings. The fourth-order valence-electron chi connectivity index (χ4n) is 1.95. The highest BCUT2D eigenvalue weighted by molar-refractivity contribution is 7.89. The van der Waals surface area contributed by atoms with E-state index >= 15 is 0 Å². The minimum absolute atomic E-state index is 0.128. The zero-order chi connectivity index (χ0) is 17.6. The highest BCUT2D eigenvalue weighted by Gasteiger charge is 2.16. The molecule has 0 saturated heterocycles. The van der Waals surface area contributed by atoms with Crippen LogP contribution in [0.1, 0.15) is 19.8 Å². The van der Waals surface area contributed by atoms with E-state index < -0.39 is 16.0 Å². The number of aromatic nitrogens is 4. The van der Waals surface area contributed by atoms with Gasteiger partial charge in [-0.25, -0.2) is 17.8 Å². The summed E-state index contributed by atoms with van der Waals surface area (Å²) in [5, 5.41) is 11.1. The molecule has 1 aromatic carbocycles. The summed E-state index contributed by atoms with van der Waals surface area (Å²) < 4.78 is 32.7. The van der Waals surface area contributed by atoms with Crippen LogP contribution in [0, 0.1) is 0 Å². The fourth-order valence-corrected chi connectivity index (χ4v) is 3.03. The smallest absolute Gasteiger partial charge is 0.327 e. The van der Waals surface area contributed by atoms with Crippen molar-refractivity contribution in [2.45, 2.75) is 31.2 Å². The molecule has 24 heavy (non-hydrogen) atoms. The molecule has 130 valence electrons. The Labute approximate surface area is 140 Å². The van der Waals surface area contributed by atoms with E-state index in [0.29, 0.717) is 17.9 Å². The number of rotatable bonds is 8. The number of benzene rings is 1. The Kier molecular flexibility index (Phi) is 5.99. The van der Waals surface area contributed by atoms with Crippen LogP contribution < -0.4 is 4.72 Å². The maximum atomic E-state index is 12.1. The number of nitrogens with zero attached hydrogens (tertiary/aromatic N) is 4. The van der Waals surface area contributed by atoms with Gasteiger partial charge in [0.1, 0.15) is 6.54 Å².